The van der Waals surface area contributed by atoms with Gasteiger partial charge in [0.05, 0.1) is 0 Å². The molecule has 6 nitrogen and oxygen atoms in total. The molecule has 16 aromatic rings. The summed E-state index contributed by atoms with van der Waals surface area (Å²) in [6.07, 6.45) is 0. The van der Waals surface area contributed by atoms with Crippen molar-refractivity contribution in [3.8, 4) is 0 Å². The van der Waals surface area contributed by atoms with Crippen molar-refractivity contribution in [2.24, 2.45) is 0 Å². The van der Waals surface area contributed by atoms with Crippen molar-refractivity contribution in [1.29, 1.82) is 0 Å². The molecule has 6 aliphatic rings. The van der Waals surface area contributed by atoms with Crippen LogP contribution >= 0.6 is 0 Å². The Morgan fingerprint density at radius 1 is 0.141 bits per heavy atom. The number of anilines is 18. The molecule has 0 bridgehead atoms. The van der Waals surface area contributed by atoms with Gasteiger partial charge in [-0.2, -0.15) is 0 Å². The molecule has 16 aromatic carbocycles. The van der Waals surface area contributed by atoms with Gasteiger partial charge in [0.2, 0.25) is 0 Å². The van der Waals surface area contributed by atoms with E-state index in [-0.39, 0.29) is 20.1 Å². The van der Waals surface area contributed by atoms with Crippen LogP contribution in [0.15, 0.2) is 346 Å². The van der Waals surface area contributed by atoms with E-state index in [1.807, 2.05) is 0 Å². The molecule has 9 heteroatoms. The van der Waals surface area contributed by atoms with Gasteiger partial charge < -0.3 is 29.4 Å². The summed E-state index contributed by atoms with van der Waals surface area (Å²) in [6.45, 7) is -0.301. The van der Waals surface area contributed by atoms with Crippen LogP contribution < -0.4 is 78.6 Å². The van der Waals surface area contributed by atoms with E-state index in [9.17, 15) is 0 Å². The average molecular weight is 1250 g/mol. The lowest BCUT2D eigenvalue weighted by Gasteiger charge is -2.45. The molecule has 0 aliphatic carbocycles. The van der Waals surface area contributed by atoms with Crippen LogP contribution in [0, 0.1) is 0 Å². The van der Waals surface area contributed by atoms with E-state index >= 15 is 0 Å². The highest BCUT2D eigenvalue weighted by atomic mass is 15.2. The second kappa shape index (κ2) is 20.9. The van der Waals surface area contributed by atoms with Gasteiger partial charge in [0, 0.05) is 102 Å². The van der Waals surface area contributed by atoms with Gasteiger partial charge in [-0.05, 0) is 227 Å². The van der Waals surface area contributed by atoms with Crippen LogP contribution in [0.25, 0.3) is 32.3 Å². The Balaban J connectivity index is 0.898. The molecular weight excluding hydrogens is 1200 g/mol. The second-order valence-corrected chi connectivity index (χ2v) is 27.0. The smallest absolute Gasteiger partial charge is 0.252 e. The maximum absolute atomic E-state index is 2.64. The number of hydrogen-bond donors (Lipinski definition) is 0. The average Bonchev–Trinajstić information content (AvgIpc) is 0.691. The first-order chi connectivity index (χ1) is 49.2. The fraction of sp³-hybridized carbons (Fsp3) is 0. The lowest BCUT2D eigenvalue weighted by Crippen LogP contribution is -2.61. The van der Waals surface area contributed by atoms with E-state index in [0.717, 1.165) is 34.1 Å². The van der Waals surface area contributed by atoms with Crippen LogP contribution in [0.2, 0.25) is 0 Å². The minimum Gasteiger partial charge on any atom is -0.311 e. The van der Waals surface area contributed by atoms with Gasteiger partial charge in [-0.3, -0.25) is 0 Å². The van der Waals surface area contributed by atoms with E-state index in [4.69, 9.17) is 0 Å². The number of hydrogen-bond acceptors (Lipinski definition) is 6. The zero-order valence-corrected chi connectivity index (χ0v) is 53.8. The predicted octanol–water partition coefficient (Wildman–Crippen LogP) is 17.4. The highest BCUT2D eigenvalue weighted by Gasteiger charge is 2.48. The van der Waals surface area contributed by atoms with Crippen LogP contribution in [0.3, 0.4) is 0 Å². The summed E-state index contributed by atoms with van der Waals surface area (Å²) in [7, 11) is 0. The normalized spacial score (nSPS) is 13.9. The minimum atomic E-state index is -0.100. The van der Waals surface area contributed by atoms with Gasteiger partial charge in [0.25, 0.3) is 20.1 Å². The van der Waals surface area contributed by atoms with Crippen molar-refractivity contribution in [2.75, 3.05) is 29.4 Å². The largest absolute Gasteiger partial charge is 0.311 e. The van der Waals surface area contributed by atoms with Crippen molar-refractivity contribution in [3.05, 3.63) is 346 Å². The Morgan fingerprint density at radius 3 is 0.556 bits per heavy atom. The molecule has 6 aliphatic heterocycles. The molecule has 0 saturated carbocycles. The topological polar surface area (TPSA) is 19.4 Å². The van der Waals surface area contributed by atoms with Gasteiger partial charge in [0.1, 0.15) is 0 Å². The number of benzene rings is 16. The third kappa shape index (κ3) is 7.64. The summed E-state index contributed by atoms with van der Waals surface area (Å²) in [5.41, 5.74) is 32.5. The Bertz CT molecular complexity index is 5440. The van der Waals surface area contributed by atoms with E-state index in [1.165, 1.54) is 150 Å². The van der Waals surface area contributed by atoms with Crippen LogP contribution in [0.4, 0.5) is 102 Å². The third-order valence-electron chi connectivity index (χ3n) is 22.1. The molecule has 0 radical (unpaired) electrons. The van der Waals surface area contributed by atoms with Gasteiger partial charge in [-0.25, -0.2) is 0 Å². The summed E-state index contributed by atoms with van der Waals surface area (Å²) < 4.78 is 0. The number of fused-ring (bicyclic) bond motifs is 18. The maximum atomic E-state index is 2.64. The molecule has 6 heterocycles. The van der Waals surface area contributed by atoms with Crippen LogP contribution in [0.5, 0.6) is 0 Å². The quantitative estimate of drug-likeness (QED) is 0.121. The molecule has 0 fully saturated rings. The van der Waals surface area contributed by atoms with Crippen LogP contribution in [-0.2, 0) is 0 Å². The SMILES string of the molecule is c1ccc(N2c3ccccc3B3c4cc5c6cc7c(cc6c6cc8c(cc6c5cc4N(c4ccccc4)c4cccc2c43)B2c3ccccc3N(c3ccccc3)c3cccc(c32)N8c2ccccc2)B2c3ccccc3N(c3ccccc3)c3cccc(c32)N7c2ccccc2)cc1. The fourth-order valence-corrected chi connectivity index (χ4v) is 18.3. The summed E-state index contributed by atoms with van der Waals surface area (Å²) in [6, 6.07) is 130. The number of para-hydroxylation sites is 9. The second-order valence-electron chi connectivity index (χ2n) is 27.0. The zero-order valence-electron chi connectivity index (χ0n) is 53.8. The molecule has 456 valence electrons. The zero-order chi connectivity index (χ0) is 64.6. The molecule has 0 atom stereocenters. The van der Waals surface area contributed by atoms with Crippen molar-refractivity contribution in [2.45, 2.75) is 0 Å². The van der Waals surface area contributed by atoms with Crippen LogP contribution in [0.1, 0.15) is 0 Å². The Morgan fingerprint density at radius 2 is 0.323 bits per heavy atom. The van der Waals surface area contributed by atoms with Crippen molar-refractivity contribution >= 4 is 204 Å². The van der Waals surface area contributed by atoms with Crippen LogP contribution in [-0.4, -0.2) is 20.1 Å². The molecule has 0 unspecified atom stereocenters. The fourth-order valence-electron chi connectivity index (χ4n) is 18.3. The summed E-state index contributed by atoms with van der Waals surface area (Å²) in [4.78, 5) is 15.2. The first kappa shape index (κ1) is 54.5. The van der Waals surface area contributed by atoms with Crippen molar-refractivity contribution in [1.82, 2.24) is 0 Å². The van der Waals surface area contributed by atoms with E-state index in [1.54, 1.807) is 0 Å². The Hall–Kier alpha value is -12.7. The lowest BCUT2D eigenvalue weighted by atomic mass is 9.33. The molecule has 0 amide bonds. The molecule has 22 rings (SSSR count). The van der Waals surface area contributed by atoms with Gasteiger partial charge in [0.15, 0.2) is 0 Å². The molecule has 0 N–H and O–H groups in total. The highest BCUT2D eigenvalue weighted by molar-refractivity contribution is 7.02. The van der Waals surface area contributed by atoms with Gasteiger partial charge in [-0.15, -0.1) is 0 Å². The van der Waals surface area contributed by atoms with E-state index in [2.05, 4.69) is 375 Å². The summed E-state index contributed by atoms with van der Waals surface area (Å²) in [5.74, 6) is 0. The molecule has 0 saturated heterocycles. The lowest BCUT2D eigenvalue weighted by molar-refractivity contribution is 1.25. The van der Waals surface area contributed by atoms with Crippen molar-refractivity contribution in [3.63, 3.8) is 0 Å². The number of nitrogens with zero attached hydrogens (tertiary/aromatic N) is 6. The third-order valence-corrected chi connectivity index (χ3v) is 22.1. The standard InChI is InChI=1S/C90H57B3N6/c1-7-28-58(29-8-1)94-76-43-22-19-40-70(76)91-73-52-64-67(55-85(73)97(61-34-13-4-14-35-61)82-49-25-46-79(94)88(82)91)65-53-74-87(99(63-38-17-6-18-39-63)84-51-27-48-81-90(84)92(74)71-41-20-23-44-77(71)95(81)59-30-9-2-10-31-59)57-69(65)66-54-75-86(56-68(64)66)98(62-36-15-5-16-37-62)83-50-26-47-80-89(83)93(75)72-42-21-24-45-78(72)96(80)60-32-11-3-12-33-60/h1-57H. The molecule has 99 heavy (non-hydrogen) atoms. The molecular formula is C90H57B3N6. The van der Waals surface area contributed by atoms with Crippen molar-refractivity contribution < 1.29 is 0 Å². The highest BCUT2D eigenvalue weighted by Crippen LogP contribution is 2.52. The Labute approximate surface area is 575 Å². The number of rotatable bonds is 6. The first-order valence-electron chi connectivity index (χ1n) is 34.5. The van der Waals surface area contributed by atoms with Gasteiger partial charge >= 0.3 is 0 Å². The first-order valence-corrected chi connectivity index (χ1v) is 34.5. The summed E-state index contributed by atoms with van der Waals surface area (Å²) in [5, 5.41) is 7.29. The molecule has 0 spiro atoms. The summed E-state index contributed by atoms with van der Waals surface area (Å²) >= 11 is 0. The minimum absolute atomic E-state index is 0.100. The monoisotopic (exact) mass is 1250 g/mol. The maximum Gasteiger partial charge on any atom is 0.252 e. The van der Waals surface area contributed by atoms with Gasteiger partial charge in [-0.1, -0.05) is 200 Å². The Kier molecular flexibility index (Phi) is 11.5. The molecule has 0 aromatic heterocycles. The van der Waals surface area contributed by atoms with E-state index < -0.39 is 0 Å². The predicted molar refractivity (Wildman–Crippen MR) is 421 cm³/mol. The van der Waals surface area contributed by atoms with E-state index in [0.29, 0.717) is 0 Å².